The van der Waals surface area contributed by atoms with Crippen molar-refractivity contribution in [2.45, 2.75) is 32.4 Å². The fourth-order valence-electron chi connectivity index (χ4n) is 3.18. The highest BCUT2D eigenvalue weighted by molar-refractivity contribution is 5.82. The van der Waals surface area contributed by atoms with Gasteiger partial charge in [-0.05, 0) is 45.0 Å². The minimum absolute atomic E-state index is 0.0140. The number of fused-ring (bicyclic) bond motifs is 1. The van der Waals surface area contributed by atoms with Gasteiger partial charge in [-0.25, -0.2) is 0 Å². The Morgan fingerprint density at radius 2 is 1.96 bits per heavy atom. The Hall–Kier alpha value is -2.14. The first kappa shape index (κ1) is 15.7. The molecule has 1 aromatic carbocycles. The SMILES string of the molecule is C[C@@H](CNC(=O)Cn1ccc(=O)c2ccccc21)N1CCCC1. The zero-order chi connectivity index (χ0) is 16.2. The van der Waals surface area contributed by atoms with Gasteiger partial charge in [0.25, 0.3) is 0 Å². The second kappa shape index (κ2) is 6.96. The smallest absolute Gasteiger partial charge is 0.239 e. The number of carbonyl (C=O) groups is 1. The molecule has 1 atom stereocenters. The average molecular weight is 313 g/mol. The molecule has 0 bridgehead atoms. The fourth-order valence-corrected chi connectivity index (χ4v) is 3.18. The van der Waals surface area contributed by atoms with Crippen molar-refractivity contribution in [3.63, 3.8) is 0 Å². The first-order valence-electron chi connectivity index (χ1n) is 8.24. The number of amides is 1. The molecule has 122 valence electrons. The normalized spacial score (nSPS) is 16.6. The van der Waals surface area contributed by atoms with E-state index in [1.807, 2.05) is 22.8 Å². The van der Waals surface area contributed by atoms with Crippen molar-refractivity contribution in [3.05, 3.63) is 46.8 Å². The third-order valence-corrected chi connectivity index (χ3v) is 4.56. The third kappa shape index (κ3) is 3.62. The topological polar surface area (TPSA) is 54.3 Å². The van der Waals surface area contributed by atoms with Crippen LogP contribution in [0.4, 0.5) is 0 Å². The van der Waals surface area contributed by atoms with Gasteiger partial charge in [-0.1, -0.05) is 12.1 Å². The molecule has 2 aromatic rings. The Kier molecular flexibility index (Phi) is 4.76. The zero-order valence-electron chi connectivity index (χ0n) is 13.5. The van der Waals surface area contributed by atoms with E-state index in [0.29, 0.717) is 18.0 Å². The molecule has 23 heavy (non-hydrogen) atoms. The minimum atomic E-state index is -0.0233. The van der Waals surface area contributed by atoms with Crippen LogP contribution < -0.4 is 10.7 Å². The molecular weight excluding hydrogens is 290 g/mol. The van der Waals surface area contributed by atoms with E-state index < -0.39 is 0 Å². The van der Waals surface area contributed by atoms with Gasteiger partial charge in [0.15, 0.2) is 5.43 Å². The lowest BCUT2D eigenvalue weighted by atomic mass is 10.2. The molecule has 5 heteroatoms. The maximum absolute atomic E-state index is 12.2. The molecule has 1 fully saturated rings. The van der Waals surface area contributed by atoms with E-state index in [2.05, 4.69) is 17.1 Å². The summed E-state index contributed by atoms with van der Waals surface area (Å²) in [7, 11) is 0. The lowest BCUT2D eigenvalue weighted by molar-refractivity contribution is -0.121. The van der Waals surface area contributed by atoms with E-state index in [-0.39, 0.29) is 17.9 Å². The molecule has 1 saturated heterocycles. The molecule has 1 amide bonds. The molecule has 0 radical (unpaired) electrons. The van der Waals surface area contributed by atoms with Crippen LogP contribution in [0.5, 0.6) is 0 Å². The van der Waals surface area contributed by atoms with Gasteiger partial charge in [0.2, 0.25) is 5.91 Å². The molecule has 0 aliphatic carbocycles. The summed E-state index contributed by atoms with van der Waals surface area (Å²) in [6, 6.07) is 9.27. The zero-order valence-corrected chi connectivity index (χ0v) is 13.5. The van der Waals surface area contributed by atoms with E-state index in [4.69, 9.17) is 0 Å². The molecule has 5 nitrogen and oxygen atoms in total. The Morgan fingerprint density at radius 1 is 1.22 bits per heavy atom. The maximum Gasteiger partial charge on any atom is 0.239 e. The number of hydrogen-bond acceptors (Lipinski definition) is 3. The Bertz CT molecular complexity index is 747. The highest BCUT2D eigenvalue weighted by Gasteiger charge is 2.18. The van der Waals surface area contributed by atoms with Crippen molar-refractivity contribution in [2.75, 3.05) is 19.6 Å². The molecule has 2 heterocycles. The predicted octanol–water partition coefficient (Wildman–Crippen LogP) is 1.60. The number of aromatic nitrogens is 1. The highest BCUT2D eigenvalue weighted by Crippen LogP contribution is 2.11. The quantitative estimate of drug-likeness (QED) is 0.912. The largest absolute Gasteiger partial charge is 0.353 e. The summed E-state index contributed by atoms with van der Waals surface area (Å²) >= 11 is 0. The molecule has 1 aliphatic rings. The summed E-state index contributed by atoms with van der Waals surface area (Å²) in [6.45, 7) is 5.30. The molecule has 0 unspecified atom stereocenters. The summed E-state index contributed by atoms with van der Waals surface area (Å²) in [5.41, 5.74) is 0.780. The van der Waals surface area contributed by atoms with Crippen LogP contribution in [0.25, 0.3) is 10.9 Å². The maximum atomic E-state index is 12.2. The summed E-state index contributed by atoms with van der Waals surface area (Å²) in [6.07, 6.45) is 4.19. The molecule has 0 spiro atoms. The molecule has 1 N–H and O–H groups in total. The van der Waals surface area contributed by atoms with Gasteiger partial charge in [-0.3, -0.25) is 14.5 Å². The monoisotopic (exact) mass is 313 g/mol. The van der Waals surface area contributed by atoms with Crippen LogP contribution in [-0.4, -0.2) is 41.1 Å². The van der Waals surface area contributed by atoms with E-state index in [9.17, 15) is 9.59 Å². The van der Waals surface area contributed by atoms with E-state index in [0.717, 1.165) is 18.6 Å². The molecule has 1 aromatic heterocycles. The first-order valence-corrected chi connectivity index (χ1v) is 8.24. The minimum Gasteiger partial charge on any atom is -0.353 e. The third-order valence-electron chi connectivity index (χ3n) is 4.56. The number of pyridine rings is 1. The van der Waals surface area contributed by atoms with E-state index in [1.165, 1.54) is 18.9 Å². The van der Waals surface area contributed by atoms with Gasteiger partial charge in [-0.15, -0.1) is 0 Å². The van der Waals surface area contributed by atoms with Crippen molar-refractivity contribution >= 4 is 16.8 Å². The van der Waals surface area contributed by atoms with Crippen LogP contribution in [0.15, 0.2) is 41.3 Å². The summed E-state index contributed by atoms with van der Waals surface area (Å²) in [5.74, 6) is -0.0233. The van der Waals surface area contributed by atoms with Crippen LogP contribution in [-0.2, 0) is 11.3 Å². The summed E-state index contributed by atoms with van der Waals surface area (Å²) in [5, 5.41) is 3.65. The van der Waals surface area contributed by atoms with Gasteiger partial charge in [0.1, 0.15) is 6.54 Å². The Balaban J connectivity index is 1.64. The molecule has 3 rings (SSSR count). The van der Waals surface area contributed by atoms with E-state index >= 15 is 0 Å². The number of benzene rings is 1. The molecule has 0 saturated carbocycles. The van der Waals surface area contributed by atoms with Crippen molar-refractivity contribution in [2.24, 2.45) is 0 Å². The Morgan fingerprint density at radius 3 is 2.74 bits per heavy atom. The highest BCUT2D eigenvalue weighted by atomic mass is 16.2. The van der Waals surface area contributed by atoms with E-state index in [1.54, 1.807) is 12.3 Å². The van der Waals surface area contributed by atoms with Gasteiger partial charge in [-0.2, -0.15) is 0 Å². The van der Waals surface area contributed by atoms with Crippen molar-refractivity contribution in [1.82, 2.24) is 14.8 Å². The van der Waals surface area contributed by atoms with Crippen molar-refractivity contribution < 1.29 is 4.79 Å². The average Bonchev–Trinajstić information content (AvgIpc) is 3.10. The van der Waals surface area contributed by atoms with Crippen LogP contribution in [0.3, 0.4) is 0 Å². The number of nitrogens with zero attached hydrogens (tertiary/aromatic N) is 2. The summed E-state index contributed by atoms with van der Waals surface area (Å²) < 4.78 is 1.83. The van der Waals surface area contributed by atoms with Gasteiger partial charge >= 0.3 is 0 Å². The van der Waals surface area contributed by atoms with Crippen LogP contribution in [0.2, 0.25) is 0 Å². The molecular formula is C18H23N3O2. The van der Waals surface area contributed by atoms with Crippen LogP contribution in [0, 0.1) is 0 Å². The van der Waals surface area contributed by atoms with Crippen molar-refractivity contribution in [3.8, 4) is 0 Å². The lowest BCUT2D eigenvalue weighted by Gasteiger charge is -2.24. The number of carbonyl (C=O) groups excluding carboxylic acids is 1. The first-order chi connectivity index (χ1) is 11.1. The molecule has 1 aliphatic heterocycles. The predicted molar refractivity (Wildman–Crippen MR) is 91.5 cm³/mol. The number of para-hydroxylation sites is 1. The Labute approximate surface area is 135 Å². The number of hydrogen-bond donors (Lipinski definition) is 1. The van der Waals surface area contributed by atoms with Crippen molar-refractivity contribution in [1.29, 1.82) is 0 Å². The second-order valence-corrected chi connectivity index (χ2v) is 6.22. The standard InChI is InChI=1S/C18H23N3O2/c1-14(20-9-4-5-10-20)12-19-18(23)13-21-11-8-17(22)15-6-2-3-7-16(15)21/h2-3,6-8,11,14H,4-5,9-10,12-13H2,1H3,(H,19,23)/t14-/m0/s1. The summed E-state index contributed by atoms with van der Waals surface area (Å²) in [4.78, 5) is 26.5. The van der Waals surface area contributed by atoms with Gasteiger partial charge < -0.3 is 9.88 Å². The van der Waals surface area contributed by atoms with Crippen LogP contribution in [0.1, 0.15) is 19.8 Å². The van der Waals surface area contributed by atoms with Gasteiger partial charge in [0, 0.05) is 30.2 Å². The van der Waals surface area contributed by atoms with Gasteiger partial charge in [0.05, 0.1) is 5.52 Å². The lowest BCUT2D eigenvalue weighted by Crippen LogP contribution is -2.41. The van der Waals surface area contributed by atoms with Crippen LogP contribution >= 0.6 is 0 Å². The number of nitrogens with one attached hydrogen (secondary N) is 1. The fraction of sp³-hybridized carbons (Fsp3) is 0.444. The number of likely N-dealkylation sites (tertiary alicyclic amines) is 1. The second-order valence-electron chi connectivity index (χ2n) is 6.22. The number of rotatable bonds is 5.